The molecule has 0 saturated carbocycles. The van der Waals surface area contributed by atoms with Gasteiger partial charge in [0, 0.05) is 12.2 Å². The Hall–Kier alpha value is -3.88. The van der Waals surface area contributed by atoms with E-state index in [1.165, 1.54) is 10.8 Å². The van der Waals surface area contributed by atoms with Gasteiger partial charge in [0.25, 0.3) is 5.56 Å². The van der Waals surface area contributed by atoms with Crippen LogP contribution in [0.4, 0.5) is 5.69 Å². The van der Waals surface area contributed by atoms with Gasteiger partial charge in [0.05, 0.1) is 18.5 Å². The number of nitrogens with zero attached hydrogens (tertiary/aromatic N) is 4. The first-order valence-electron chi connectivity index (χ1n) is 10.6. The van der Waals surface area contributed by atoms with Crippen molar-refractivity contribution in [2.75, 3.05) is 5.32 Å². The van der Waals surface area contributed by atoms with Crippen molar-refractivity contribution in [2.45, 2.75) is 46.8 Å². The fourth-order valence-electron chi connectivity index (χ4n) is 3.92. The lowest BCUT2D eigenvalue weighted by Crippen LogP contribution is -2.42. The van der Waals surface area contributed by atoms with E-state index in [1.807, 2.05) is 38.1 Å². The quantitative estimate of drug-likeness (QED) is 0.480. The summed E-state index contributed by atoms with van der Waals surface area (Å²) in [6.45, 7) is 5.77. The van der Waals surface area contributed by atoms with Gasteiger partial charge in [-0.25, -0.2) is 4.79 Å². The molecule has 3 aromatic heterocycles. The molecule has 1 aromatic carbocycles. The first-order valence-corrected chi connectivity index (χ1v) is 10.6. The maximum atomic E-state index is 13.4. The maximum absolute atomic E-state index is 13.4. The lowest BCUT2D eigenvalue weighted by atomic mass is 10.1. The van der Waals surface area contributed by atoms with E-state index in [0.29, 0.717) is 29.2 Å². The number of rotatable bonds is 7. The Balaban J connectivity index is 1.82. The van der Waals surface area contributed by atoms with Crippen LogP contribution in [0.1, 0.15) is 30.9 Å². The van der Waals surface area contributed by atoms with Gasteiger partial charge in [0.15, 0.2) is 5.52 Å². The standard InChI is InChI=1S/C23H25N5O4/c1-4-16-9-6-7-11-18(16)24-19(29)14-26-20-15(3)25-28(5-2)21(20)22(30)27(23(26)31)13-17-10-8-12-32-17/h6-12H,4-5,13-14H2,1-3H3,(H,24,29). The van der Waals surface area contributed by atoms with Crippen LogP contribution >= 0.6 is 0 Å². The molecule has 0 aliphatic rings. The third kappa shape index (κ3) is 3.77. The summed E-state index contributed by atoms with van der Waals surface area (Å²) in [6, 6.07) is 10.9. The van der Waals surface area contributed by atoms with Gasteiger partial charge in [-0.15, -0.1) is 0 Å². The van der Waals surface area contributed by atoms with Gasteiger partial charge in [0.2, 0.25) is 5.91 Å². The van der Waals surface area contributed by atoms with Crippen LogP contribution in [0, 0.1) is 6.92 Å². The van der Waals surface area contributed by atoms with Gasteiger partial charge in [-0.2, -0.15) is 5.10 Å². The monoisotopic (exact) mass is 435 g/mol. The molecule has 4 aromatic rings. The molecule has 0 aliphatic heterocycles. The molecule has 0 atom stereocenters. The normalized spacial score (nSPS) is 11.2. The molecular weight excluding hydrogens is 410 g/mol. The van der Waals surface area contributed by atoms with Crippen LogP contribution in [-0.2, 0) is 30.8 Å². The van der Waals surface area contributed by atoms with Crippen molar-refractivity contribution in [3.8, 4) is 0 Å². The van der Waals surface area contributed by atoms with Crippen molar-refractivity contribution < 1.29 is 9.21 Å². The molecule has 3 heterocycles. The van der Waals surface area contributed by atoms with Crippen molar-refractivity contribution in [3.63, 3.8) is 0 Å². The number of para-hydroxylation sites is 1. The smallest absolute Gasteiger partial charge is 0.332 e. The van der Waals surface area contributed by atoms with Gasteiger partial charge < -0.3 is 9.73 Å². The highest BCUT2D eigenvalue weighted by Crippen LogP contribution is 2.17. The van der Waals surface area contributed by atoms with Crippen LogP contribution in [0.5, 0.6) is 0 Å². The number of benzene rings is 1. The molecule has 0 bridgehead atoms. The number of hydrogen-bond acceptors (Lipinski definition) is 5. The number of carbonyl (C=O) groups excluding carboxylic acids is 1. The average molecular weight is 435 g/mol. The summed E-state index contributed by atoms with van der Waals surface area (Å²) in [6.07, 6.45) is 2.24. The van der Waals surface area contributed by atoms with Crippen LogP contribution in [-0.4, -0.2) is 24.8 Å². The molecular formula is C23H25N5O4. The molecule has 32 heavy (non-hydrogen) atoms. The molecule has 1 N–H and O–H groups in total. The molecule has 0 spiro atoms. The lowest BCUT2D eigenvalue weighted by molar-refractivity contribution is -0.116. The second-order valence-corrected chi connectivity index (χ2v) is 7.50. The topological polar surface area (TPSA) is 104 Å². The number of hydrogen-bond donors (Lipinski definition) is 1. The summed E-state index contributed by atoms with van der Waals surface area (Å²) in [7, 11) is 0. The Morgan fingerprint density at radius 2 is 1.84 bits per heavy atom. The zero-order valence-electron chi connectivity index (χ0n) is 18.3. The molecule has 4 rings (SSSR count). The highest BCUT2D eigenvalue weighted by Gasteiger charge is 2.22. The summed E-state index contributed by atoms with van der Waals surface area (Å²) in [5.74, 6) is 0.108. The van der Waals surface area contributed by atoms with Crippen molar-refractivity contribution in [2.24, 2.45) is 0 Å². The Kier molecular flexibility index (Phi) is 5.81. The minimum absolute atomic E-state index is 0.0329. The van der Waals surface area contributed by atoms with E-state index in [4.69, 9.17) is 4.42 Å². The molecule has 9 nitrogen and oxygen atoms in total. The first-order chi connectivity index (χ1) is 15.4. The molecule has 0 radical (unpaired) electrons. The van der Waals surface area contributed by atoms with E-state index < -0.39 is 11.2 Å². The van der Waals surface area contributed by atoms with Crippen molar-refractivity contribution in [1.82, 2.24) is 18.9 Å². The van der Waals surface area contributed by atoms with Gasteiger partial charge >= 0.3 is 5.69 Å². The van der Waals surface area contributed by atoms with E-state index in [-0.39, 0.29) is 24.5 Å². The highest BCUT2D eigenvalue weighted by molar-refractivity contribution is 5.92. The number of carbonyl (C=O) groups is 1. The van der Waals surface area contributed by atoms with Crippen LogP contribution in [0.2, 0.25) is 0 Å². The van der Waals surface area contributed by atoms with Crippen LogP contribution in [0.25, 0.3) is 11.0 Å². The minimum atomic E-state index is -0.587. The molecule has 0 aliphatic carbocycles. The minimum Gasteiger partial charge on any atom is -0.467 e. The highest BCUT2D eigenvalue weighted by atomic mass is 16.3. The summed E-state index contributed by atoms with van der Waals surface area (Å²) in [4.78, 5) is 39.5. The Labute approximate surface area is 183 Å². The molecule has 166 valence electrons. The zero-order valence-corrected chi connectivity index (χ0v) is 18.3. The van der Waals surface area contributed by atoms with E-state index in [1.54, 1.807) is 23.7 Å². The molecule has 0 fully saturated rings. The number of anilines is 1. The van der Waals surface area contributed by atoms with E-state index in [9.17, 15) is 14.4 Å². The number of nitrogens with one attached hydrogen (secondary N) is 1. The maximum Gasteiger partial charge on any atom is 0.332 e. The summed E-state index contributed by atoms with van der Waals surface area (Å²) < 4.78 is 9.30. The first kappa shape index (κ1) is 21.4. The predicted octanol–water partition coefficient (Wildman–Crippen LogP) is 2.53. The van der Waals surface area contributed by atoms with Gasteiger partial charge in [-0.1, -0.05) is 25.1 Å². The molecule has 9 heteroatoms. The van der Waals surface area contributed by atoms with Gasteiger partial charge in [-0.05, 0) is 44.0 Å². The van der Waals surface area contributed by atoms with Crippen molar-refractivity contribution >= 4 is 22.6 Å². The SMILES string of the molecule is CCc1ccccc1NC(=O)Cn1c(=O)n(Cc2ccco2)c(=O)c2c1c(C)nn2CC. The predicted molar refractivity (Wildman–Crippen MR) is 121 cm³/mol. The average Bonchev–Trinajstić information content (AvgIpc) is 3.42. The molecule has 0 saturated heterocycles. The number of amides is 1. The molecule has 1 amide bonds. The fraction of sp³-hybridized carbons (Fsp3) is 0.304. The second kappa shape index (κ2) is 8.70. The Bertz CT molecular complexity index is 1390. The van der Waals surface area contributed by atoms with Crippen molar-refractivity contribution in [1.29, 1.82) is 0 Å². The van der Waals surface area contributed by atoms with Crippen LogP contribution < -0.4 is 16.6 Å². The molecule has 0 unspecified atom stereocenters. The van der Waals surface area contributed by atoms with Crippen LogP contribution in [0.15, 0.2) is 56.7 Å². The summed E-state index contributed by atoms with van der Waals surface area (Å²) in [5.41, 5.74) is 1.83. The van der Waals surface area contributed by atoms with Gasteiger partial charge in [0.1, 0.15) is 17.8 Å². The van der Waals surface area contributed by atoms with Crippen LogP contribution in [0.3, 0.4) is 0 Å². The van der Waals surface area contributed by atoms with Gasteiger partial charge in [-0.3, -0.25) is 23.4 Å². The largest absolute Gasteiger partial charge is 0.467 e. The second-order valence-electron chi connectivity index (χ2n) is 7.50. The third-order valence-electron chi connectivity index (χ3n) is 5.44. The summed E-state index contributed by atoms with van der Waals surface area (Å²) in [5, 5.41) is 7.31. The van der Waals surface area contributed by atoms with E-state index in [0.717, 1.165) is 16.6 Å². The third-order valence-corrected chi connectivity index (χ3v) is 5.44. The summed E-state index contributed by atoms with van der Waals surface area (Å²) >= 11 is 0. The number of aryl methyl sites for hydroxylation is 3. The number of aromatic nitrogens is 4. The van der Waals surface area contributed by atoms with E-state index >= 15 is 0 Å². The number of furan rings is 1. The number of fused-ring (bicyclic) bond motifs is 1. The van der Waals surface area contributed by atoms with E-state index in [2.05, 4.69) is 10.4 Å². The Morgan fingerprint density at radius 1 is 1.06 bits per heavy atom. The van der Waals surface area contributed by atoms with Crippen molar-refractivity contribution in [3.05, 3.63) is 80.5 Å². The Morgan fingerprint density at radius 3 is 2.53 bits per heavy atom. The zero-order chi connectivity index (χ0) is 22.8. The fourth-order valence-corrected chi connectivity index (χ4v) is 3.92. The lowest BCUT2D eigenvalue weighted by Gasteiger charge is -2.14.